The van der Waals surface area contributed by atoms with Gasteiger partial charge in [-0.25, -0.2) is 9.59 Å². The van der Waals surface area contributed by atoms with Gasteiger partial charge < -0.3 is 9.47 Å². The first kappa shape index (κ1) is 17.6. The first-order chi connectivity index (χ1) is 11.4. The molecule has 0 spiro atoms. The fourth-order valence-electron chi connectivity index (χ4n) is 4.67. The molecule has 0 aromatic heterocycles. The van der Waals surface area contributed by atoms with Crippen molar-refractivity contribution < 1.29 is 19.1 Å². The number of esters is 2. The van der Waals surface area contributed by atoms with Gasteiger partial charge in [-0.05, 0) is 67.1 Å². The molecule has 2 aliphatic carbocycles. The highest BCUT2D eigenvalue weighted by atomic mass is 32.2. The van der Waals surface area contributed by atoms with Crippen LogP contribution in [-0.4, -0.2) is 30.4 Å². The van der Waals surface area contributed by atoms with E-state index in [4.69, 9.17) is 9.47 Å². The van der Waals surface area contributed by atoms with E-state index in [-0.39, 0.29) is 35.5 Å². The van der Waals surface area contributed by atoms with Gasteiger partial charge in [0.25, 0.3) is 0 Å². The summed E-state index contributed by atoms with van der Waals surface area (Å²) in [5, 5.41) is 1.75. The lowest BCUT2D eigenvalue weighted by Gasteiger charge is -2.53. The van der Waals surface area contributed by atoms with E-state index in [1.165, 1.54) is 23.4 Å². The molecule has 24 heavy (non-hydrogen) atoms. The van der Waals surface area contributed by atoms with Gasteiger partial charge in [0.05, 0.1) is 0 Å². The number of thioether (sulfide) groups is 1. The van der Waals surface area contributed by atoms with E-state index in [1.807, 2.05) is 13.2 Å². The number of hydrogen-bond donors (Lipinski definition) is 0. The van der Waals surface area contributed by atoms with Crippen LogP contribution in [0.3, 0.4) is 0 Å². The van der Waals surface area contributed by atoms with Crippen molar-refractivity contribution in [3.63, 3.8) is 0 Å². The molecule has 132 valence electrons. The molecule has 0 saturated heterocycles. The number of rotatable bonds is 3. The number of carbonyl (C=O) groups excluding carboxylic acids is 2. The van der Waals surface area contributed by atoms with Crippen molar-refractivity contribution in [3.8, 4) is 0 Å². The van der Waals surface area contributed by atoms with E-state index in [0.29, 0.717) is 5.92 Å². The van der Waals surface area contributed by atoms with Crippen molar-refractivity contribution in [1.29, 1.82) is 0 Å². The van der Waals surface area contributed by atoms with Gasteiger partial charge in [0, 0.05) is 11.6 Å². The van der Waals surface area contributed by atoms with Gasteiger partial charge in [0.1, 0.15) is 12.2 Å². The molecule has 0 aromatic rings. The molecule has 1 aliphatic heterocycles. The van der Waals surface area contributed by atoms with Gasteiger partial charge in [0.15, 0.2) is 0 Å². The zero-order chi connectivity index (χ0) is 17.5. The van der Waals surface area contributed by atoms with Gasteiger partial charge in [-0.3, -0.25) is 0 Å². The summed E-state index contributed by atoms with van der Waals surface area (Å²) < 4.78 is 11.3. The van der Waals surface area contributed by atoms with E-state index >= 15 is 0 Å². The molecule has 1 heterocycles. The lowest BCUT2D eigenvalue weighted by molar-refractivity contribution is -0.158. The van der Waals surface area contributed by atoms with Gasteiger partial charge in [-0.1, -0.05) is 13.8 Å². The van der Waals surface area contributed by atoms with E-state index < -0.39 is 0 Å². The zero-order valence-electron chi connectivity index (χ0n) is 14.8. The maximum atomic E-state index is 12.0. The maximum Gasteiger partial charge on any atom is 0.334 e. The normalized spacial score (nSPS) is 38.8. The quantitative estimate of drug-likeness (QED) is 0.571. The Bertz CT molecular complexity index is 608. The van der Waals surface area contributed by atoms with Crippen LogP contribution in [0.4, 0.5) is 0 Å². The largest absolute Gasteiger partial charge is 0.459 e. The van der Waals surface area contributed by atoms with E-state index in [1.54, 1.807) is 5.41 Å². The molecular weight excluding hydrogens is 324 g/mol. The summed E-state index contributed by atoms with van der Waals surface area (Å²) in [5.74, 6) is 0.360. The topological polar surface area (TPSA) is 52.6 Å². The summed E-state index contributed by atoms with van der Waals surface area (Å²) in [6, 6.07) is 0. The Balaban J connectivity index is 1.77. The van der Waals surface area contributed by atoms with Crippen LogP contribution in [0.1, 0.15) is 46.5 Å². The van der Waals surface area contributed by atoms with Gasteiger partial charge in [0.2, 0.25) is 0 Å². The molecule has 0 aromatic carbocycles. The minimum Gasteiger partial charge on any atom is -0.459 e. The molecule has 0 unspecified atom stereocenters. The van der Waals surface area contributed by atoms with Crippen LogP contribution in [-0.2, 0) is 19.1 Å². The average molecular weight is 350 g/mol. The third-order valence-corrected chi connectivity index (χ3v) is 6.84. The van der Waals surface area contributed by atoms with Crippen molar-refractivity contribution >= 4 is 23.7 Å². The third-order valence-electron chi connectivity index (χ3n) is 6.43. The van der Waals surface area contributed by atoms with Crippen LogP contribution < -0.4 is 0 Å². The van der Waals surface area contributed by atoms with E-state index in [0.717, 1.165) is 31.3 Å². The van der Waals surface area contributed by atoms with Crippen molar-refractivity contribution in [1.82, 2.24) is 0 Å². The number of carbonyl (C=O) groups is 2. The molecule has 0 bridgehead atoms. The van der Waals surface area contributed by atoms with Crippen molar-refractivity contribution in [2.24, 2.45) is 17.3 Å². The summed E-state index contributed by atoms with van der Waals surface area (Å²) in [6.07, 6.45) is 7.02. The standard InChI is InChI=1S/C19H26O4S/c1-11-14-10-19(3)12(2)15(22-17(20)7-8-24-4)6-5-13(19)9-16(14)23-18(11)21/h7-8,12-13,15-16H,5-6,9-10H2,1-4H3/b8-7+/t12-,13+,15+,16-,19+/m1/s1. The third kappa shape index (κ3) is 2.92. The van der Waals surface area contributed by atoms with Crippen molar-refractivity contribution in [2.45, 2.75) is 58.7 Å². The Morgan fingerprint density at radius 3 is 2.88 bits per heavy atom. The lowest BCUT2D eigenvalue weighted by Crippen LogP contribution is -2.50. The monoisotopic (exact) mass is 350 g/mol. The second-order valence-electron chi connectivity index (χ2n) is 7.54. The maximum absolute atomic E-state index is 12.0. The minimum absolute atomic E-state index is 0.0219. The summed E-state index contributed by atoms with van der Waals surface area (Å²) >= 11 is 1.49. The summed E-state index contributed by atoms with van der Waals surface area (Å²) in [6.45, 7) is 6.36. The van der Waals surface area contributed by atoms with Crippen molar-refractivity contribution in [3.05, 3.63) is 22.6 Å². The first-order valence-electron chi connectivity index (χ1n) is 8.67. The van der Waals surface area contributed by atoms with E-state index in [2.05, 4.69) is 13.8 Å². The smallest absolute Gasteiger partial charge is 0.334 e. The fourth-order valence-corrected chi connectivity index (χ4v) is 4.92. The Kier molecular flexibility index (Phi) is 4.82. The number of ether oxygens (including phenoxy) is 2. The van der Waals surface area contributed by atoms with E-state index in [9.17, 15) is 9.59 Å². The molecular formula is C19H26O4S. The highest BCUT2D eigenvalue weighted by Crippen LogP contribution is 2.57. The van der Waals surface area contributed by atoms with Crippen LogP contribution in [0.25, 0.3) is 0 Å². The Labute approximate surface area is 148 Å². The van der Waals surface area contributed by atoms with Gasteiger partial charge in [-0.2, -0.15) is 0 Å². The second-order valence-corrected chi connectivity index (χ2v) is 8.28. The molecule has 0 amide bonds. The molecule has 0 radical (unpaired) electrons. The van der Waals surface area contributed by atoms with Crippen LogP contribution in [0.15, 0.2) is 22.6 Å². The molecule has 3 rings (SSSR count). The lowest BCUT2D eigenvalue weighted by atomic mass is 9.53. The fraction of sp³-hybridized carbons (Fsp3) is 0.684. The predicted molar refractivity (Wildman–Crippen MR) is 94.3 cm³/mol. The molecule has 5 atom stereocenters. The Hall–Kier alpha value is -1.23. The molecule has 0 N–H and O–H groups in total. The number of hydrogen-bond acceptors (Lipinski definition) is 5. The second kappa shape index (κ2) is 6.58. The molecule has 4 nitrogen and oxygen atoms in total. The van der Waals surface area contributed by atoms with Gasteiger partial charge >= 0.3 is 11.9 Å². The Morgan fingerprint density at radius 2 is 2.17 bits per heavy atom. The van der Waals surface area contributed by atoms with Crippen LogP contribution >= 0.6 is 11.8 Å². The summed E-state index contributed by atoms with van der Waals surface area (Å²) in [5.41, 5.74) is 2.00. The molecule has 2 saturated carbocycles. The van der Waals surface area contributed by atoms with Crippen molar-refractivity contribution in [2.75, 3.05) is 6.26 Å². The number of fused-ring (bicyclic) bond motifs is 2. The predicted octanol–water partition coefficient (Wildman–Crippen LogP) is 3.86. The minimum atomic E-state index is -0.258. The SMILES string of the molecule is CS/C=C/C(=O)O[C@H]1CC[C@H]2C[C@H]3OC(=O)C(C)=C3C[C@@]2(C)[C@@H]1C. The molecule has 5 heteroatoms. The Morgan fingerprint density at radius 1 is 1.42 bits per heavy atom. The summed E-state index contributed by atoms with van der Waals surface area (Å²) in [7, 11) is 0. The molecule has 3 aliphatic rings. The van der Waals surface area contributed by atoms with Crippen LogP contribution in [0.5, 0.6) is 0 Å². The zero-order valence-corrected chi connectivity index (χ0v) is 15.7. The van der Waals surface area contributed by atoms with Crippen LogP contribution in [0, 0.1) is 17.3 Å². The van der Waals surface area contributed by atoms with Gasteiger partial charge in [-0.15, -0.1) is 11.8 Å². The highest BCUT2D eigenvalue weighted by molar-refractivity contribution is 8.01. The molecule has 2 fully saturated rings. The average Bonchev–Trinajstić information content (AvgIpc) is 2.81. The van der Waals surface area contributed by atoms with Crippen LogP contribution in [0.2, 0.25) is 0 Å². The first-order valence-corrected chi connectivity index (χ1v) is 9.96. The summed E-state index contributed by atoms with van der Waals surface area (Å²) in [4.78, 5) is 23.8. The highest BCUT2D eigenvalue weighted by Gasteiger charge is 2.53.